The number of carbonyl (C=O) groups is 1. The summed E-state index contributed by atoms with van der Waals surface area (Å²) >= 11 is 0. The summed E-state index contributed by atoms with van der Waals surface area (Å²) in [7, 11) is -3.33. The molecule has 1 saturated heterocycles. The molecule has 1 aliphatic rings. The second-order valence-electron chi connectivity index (χ2n) is 4.45. The number of hydrogen-bond acceptors (Lipinski definition) is 4. The van der Waals surface area contributed by atoms with E-state index in [2.05, 4.69) is 10.6 Å². The van der Waals surface area contributed by atoms with Gasteiger partial charge in [-0.05, 0) is 25.1 Å². The first kappa shape index (κ1) is 13.0. The molecule has 1 heterocycles. The molecule has 0 radical (unpaired) electrons. The molecular formula is C12H16N2O3S. The van der Waals surface area contributed by atoms with Crippen molar-refractivity contribution in [3.63, 3.8) is 0 Å². The largest absolute Gasteiger partial charge is 0.325 e. The number of sulfone groups is 1. The number of para-hydroxylation sites is 1. The van der Waals surface area contributed by atoms with Crippen LogP contribution in [0.1, 0.15) is 6.42 Å². The van der Waals surface area contributed by atoms with Crippen molar-refractivity contribution in [1.29, 1.82) is 0 Å². The Hall–Kier alpha value is -1.40. The van der Waals surface area contributed by atoms with Crippen LogP contribution in [0.25, 0.3) is 0 Å². The summed E-state index contributed by atoms with van der Waals surface area (Å²) in [5.74, 6) is -0.214. The van der Waals surface area contributed by atoms with Crippen LogP contribution in [0.3, 0.4) is 0 Å². The van der Waals surface area contributed by atoms with E-state index in [9.17, 15) is 13.2 Å². The molecule has 5 nitrogen and oxygen atoms in total. The molecule has 1 unspecified atom stereocenters. The summed E-state index contributed by atoms with van der Waals surface area (Å²) in [6.07, 6.45) is 1.92. The lowest BCUT2D eigenvalue weighted by atomic mass is 10.1. The van der Waals surface area contributed by atoms with Crippen LogP contribution in [-0.2, 0) is 14.6 Å². The van der Waals surface area contributed by atoms with E-state index in [-0.39, 0.29) is 16.7 Å². The maximum absolute atomic E-state index is 11.9. The first-order valence-electron chi connectivity index (χ1n) is 5.79. The molecule has 1 fully saturated rings. The third-order valence-electron chi connectivity index (χ3n) is 2.98. The van der Waals surface area contributed by atoms with Crippen molar-refractivity contribution in [2.75, 3.05) is 24.7 Å². The highest BCUT2D eigenvalue weighted by molar-refractivity contribution is 7.90. The molecule has 0 saturated carbocycles. The Morgan fingerprint density at radius 1 is 1.39 bits per heavy atom. The summed E-state index contributed by atoms with van der Waals surface area (Å²) in [5.41, 5.74) is 0.358. The third kappa shape index (κ3) is 2.88. The first-order valence-corrected chi connectivity index (χ1v) is 7.68. The maximum Gasteiger partial charge on any atom is 0.228 e. The number of hydrogen-bond donors (Lipinski definition) is 2. The Balaban J connectivity index is 2.21. The highest BCUT2D eigenvalue weighted by Gasteiger charge is 2.23. The van der Waals surface area contributed by atoms with Crippen molar-refractivity contribution in [2.45, 2.75) is 11.3 Å². The van der Waals surface area contributed by atoms with Gasteiger partial charge in [0.15, 0.2) is 9.84 Å². The standard InChI is InChI=1S/C12H16N2O3S/c1-18(16,17)11-5-3-2-4-10(11)14-12(15)9-6-7-13-8-9/h2-5,9,13H,6-8H2,1H3,(H,14,15). The highest BCUT2D eigenvalue weighted by atomic mass is 32.2. The van der Waals surface area contributed by atoms with E-state index in [4.69, 9.17) is 0 Å². The van der Waals surface area contributed by atoms with Crippen LogP contribution in [0.5, 0.6) is 0 Å². The minimum absolute atomic E-state index is 0.0855. The average Bonchev–Trinajstić information content (AvgIpc) is 2.81. The fraction of sp³-hybridized carbons (Fsp3) is 0.417. The molecule has 0 aliphatic carbocycles. The van der Waals surface area contributed by atoms with Crippen LogP contribution in [0.2, 0.25) is 0 Å². The van der Waals surface area contributed by atoms with Gasteiger partial charge in [-0.25, -0.2) is 8.42 Å². The van der Waals surface area contributed by atoms with E-state index in [0.717, 1.165) is 19.2 Å². The number of amides is 1. The van der Waals surface area contributed by atoms with Crippen molar-refractivity contribution in [1.82, 2.24) is 5.32 Å². The predicted octanol–water partition coefficient (Wildman–Crippen LogP) is 0.638. The quantitative estimate of drug-likeness (QED) is 0.843. The van der Waals surface area contributed by atoms with Crippen LogP contribution in [0.15, 0.2) is 29.2 Å². The van der Waals surface area contributed by atoms with Gasteiger partial charge in [0.05, 0.1) is 16.5 Å². The van der Waals surface area contributed by atoms with Gasteiger partial charge in [0.2, 0.25) is 5.91 Å². The van der Waals surface area contributed by atoms with Crippen molar-refractivity contribution in [3.8, 4) is 0 Å². The lowest BCUT2D eigenvalue weighted by Gasteiger charge is -2.12. The number of benzene rings is 1. The van der Waals surface area contributed by atoms with Crippen LogP contribution in [0, 0.1) is 5.92 Å². The minimum atomic E-state index is -3.33. The van der Waals surface area contributed by atoms with Gasteiger partial charge in [0, 0.05) is 12.8 Å². The van der Waals surface area contributed by atoms with Gasteiger partial charge in [-0.3, -0.25) is 4.79 Å². The monoisotopic (exact) mass is 268 g/mol. The normalized spacial score (nSPS) is 19.7. The van der Waals surface area contributed by atoms with E-state index in [1.807, 2.05) is 0 Å². The van der Waals surface area contributed by atoms with Gasteiger partial charge in [-0.15, -0.1) is 0 Å². The SMILES string of the molecule is CS(=O)(=O)c1ccccc1NC(=O)C1CCNC1. The zero-order valence-corrected chi connectivity index (χ0v) is 11.0. The van der Waals surface area contributed by atoms with Gasteiger partial charge in [0.25, 0.3) is 0 Å². The van der Waals surface area contributed by atoms with E-state index in [0.29, 0.717) is 12.2 Å². The van der Waals surface area contributed by atoms with E-state index < -0.39 is 9.84 Å². The van der Waals surface area contributed by atoms with Crippen molar-refractivity contribution < 1.29 is 13.2 Å². The molecule has 1 aromatic carbocycles. The Kier molecular flexibility index (Phi) is 3.68. The molecule has 0 bridgehead atoms. The fourth-order valence-corrected chi connectivity index (χ4v) is 2.85. The lowest BCUT2D eigenvalue weighted by molar-refractivity contribution is -0.119. The number of anilines is 1. The molecule has 6 heteroatoms. The second kappa shape index (κ2) is 5.07. The average molecular weight is 268 g/mol. The Bertz CT molecular complexity index is 548. The second-order valence-corrected chi connectivity index (χ2v) is 6.43. The predicted molar refractivity (Wildman–Crippen MR) is 69.2 cm³/mol. The van der Waals surface area contributed by atoms with Gasteiger partial charge < -0.3 is 10.6 Å². The highest BCUT2D eigenvalue weighted by Crippen LogP contribution is 2.22. The van der Waals surface area contributed by atoms with Crippen LogP contribution >= 0.6 is 0 Å². The molecule has 1 atom stereocenters. The molecule has 0 spiro atoms. The molecule has 0 aromatic heterocycles. The number of carbonyl (C=O) groups excluding carboxylic acids is 1. The van der Waals surface area contributed by atoms with Gasteiger partial charge >= 0.3 is 0 Å². The van der Waals surface area contributed by atoms with Crippen LogP contribution in [0.4, 0.5) is 5.69 Å². The Morgan fingerprint density at radius 3 is 2.72 bits per heavy atom. The number of rotatable bonds is 3. The molecule has 1 amide bonds. The van der Waals surface area contributed by atoms with Gasteiger partial charge in [-0.1, -0.05) is 12.1 Å². The van der Waals surface area contributed by atoms with Gasteiger partial charge in [-0.2, -0.15) is 0 Å². The third-order valence-corrected chi connectivity index (χ3v) is 4.13. The maximum atomic E-state index is 11.9. The van der Waals surface area contributed by atoms with Gasteiger partial charge in [0.1, 0.15) is 0 Å². The summed E-state index contributed by atoms with van der Waals surface area (Å²) in [5, 5.41) is 5.81. The van der Waals surface area contributed by atoms with Crippen molar-refractivity contribution >= 4 is 21.4 Å². The summed E-state index contributed by atoms with van der Waals surface area (Å²) in [6, 6.07) is 6.45. The zero-order chi connectivity index (χ0) is 13.2. The minimum Gasteiger partial charge on any atom is -0.325 e. The zero-order valence-electron chi connectivity index (χ0n) is 10.1. The topological polar surface area (TPSA) is 75.3 Å². The summed E-state index contributed by atoms with van der Waals surface area (Å²) < 4.78 is 23.2. The van der Waals surface area contributed by atoms with Crippen LogP contribution in [-0.4, -0.2) is 33.7 Å². The number of nitrogens with one attached hydrogen (secondary N) is 2. The van der Waals surface area contributed by atoms with E-state index in [1.54, 1.807) is 18.2 Å². The van der Waals surface area contributed by atoms with Crippen LogP contribution < -0.4 is 10.6 Å². The van der Waals surface area contributed by atoms with E-state index in [1.165, 1.54) is 6.07 Å². The fourth-order valence-electron chi connectivity index (χ4n) is 2.01. The molecule has 1 aliphatic heterocycles. The molecule has 18 heavy (non-hydrogen) atoms. The van der Waals surface area contributed by atoms with Crippen molar-refractivity contribution in [2.24, 2.45) is 5.92 Å². The summed E-state index contributed by atoms with van der Waals surface area (Å²) in [4.78, 5) is 12.1. The Morgan fingerprint density at radius 2 is 2.11 bits per heavy atom. The molecular weight excluding hydrogens is 252 g/mol. The van der Waals surface area contributed by atoms with Crippen molar-refractivity contribution in [3.05, 3.63) is 24.3 Å². The molecule has 1 aromatic rings. The Labute approximate surface area is 107 Å². The molecule has 98 valence electrons. The summed E-state index contributed by atoms with van der Waals surface area (Å²) in [6.45, 7) is 1.47. The molecule has 2 N–H and O–H groups in total. The molecule has 2 rings (SSSR count). The van der Waals surface area contributed by atoms with E-state index >= 15 is 0 Å². The lowest BCUT2D eigenvalue weighted by Crippen LogP contribution is -2.25. The first-order chi connectivity index (χ1) is 8.48. The smallest absolute Gasteiger partial charge is 0.228 e.